The molecule has 27 heavy (non-hydrogen) atoms. The van der Waals surface area contributed by atoms with Crippen LogP contribution in [0.5, 0.6) is 0 Å². The Bertz CT molecular complexity index is 696. The van der Waals surface area contributed by atoms with Gasteiger partial charge in [-0.25, -0.2) is 4.79 Å². The van der Waals surface area contributed by atoms with Crippen molar-refractivity contribution in [3.8, 4) is 0 Å². The Hall–Kier alpha value is -1.70. The van der Waals surface area contributed by atoms with Crippen molar-refractivity contribution in [1.29, 1.82) is 0 Å². The molecular formula is C20H28O7. The van der Waals surface area contributed by atoms with E-state index in [1.807, 2.05) is 6.92 Å². The molecule has 2 saturated heterocycles. The molecule has 3 aliphatic rings. The molecule has 0 aromatic carbocycles. The van der Waals surface area contributed by atoms with E-state index in [0.717, 1.165) is 0 Å². The van der Waals surface area contributed by atoms with Crippen LogP contribution >= 0.6 is 0 Å². The molecule has 0 aromatic heterocycles. The first-order valence-corrected chi connectivity index (χ1v) is 9.25. The van der Waals surface area contributed by atoms with Crippen molar-refractivity contribution in [2.24, 2.45) is 11.8 Å². The van der Waals surface area contributed by atoms with E-state index >= 15 is 0 Å². The number of carbonyl (C=O) groups excluding carboxylic acids is 2. The SMILES string of the molecule is C=C1C(=O)OC2C=C(C)C3(O)OC(C)(CC(OC(=O)C(C)C)C12)CC3OC. The molecule has 2 fully saturated rings. The number of methoxy groups -OCH3 is 1. The van der Waals surface area contributed by atoms with Crippen LogP contribution in [0.1, 0.15) is 40.5 Å². The topological polar surface area (TPSA) is 91.3 Å². The van der Waals surface area contributed by atoms with Crippen molar-refractivity contribution in [1.82, 2.24) is 0 Å². The van der Waals surface area contributed by atoms with Crippen LogP contribution in [0.15, 0.2) is 23.8 Å². The number of hydrogen-bond acceptors (Lipinski definition) is 7. The first-order valence-electron chi connectivity index (χ1n) is 9.25. The first kappa shape index (κ1) is 20.0. The quantitative estimate of drug-likeness (QED) is 0.454. The van der Waals surface area contributed by atoms with Crippen LogP contribution < -0.4 is 0 Å². The van der Waals surface area contributed by atoms with Crippen LogP contribution in [-0.2, 0) is 28.5 Å². The minimum Gasteiger partial charge on any atom is -0.461 e. The van der Waals surface area contributed by atoms with E-state index in [1.165, 1.54) is 7.11 Å². The Labute approximate surface area is 159 Å². The molecule has 7 nitrogen and oxygen atoms in total. The van der Waals surface area contributed by atoms with Crippen molar-refractivity contribution in [2.45, 2.75) is 70.2 Å². The third-order valence-electron chi connectivity index (χ3n) is 5.75. The van der Waals surface area contributed by atoms with Gasteiger partial charge in [0.25, 0.3) is 0 Å². The van der Waals surface area contributed by atoms with Gasteiger partial charge >= 0.3 is 11.9 Å². The number of carbonyl (C=O) groups is 2. The van der Waals surface area contributed by atoms with E-state index in [2.05, 4.69) is 6.58 Å². The number of esters is 2. The highest BCUT2D eigenvalue weighted by Gasteiger charge is 2.58. The lowest BCUT2D eigenvalue weighted by atomic mass is 9.81. The van der Waals surface area contributed by atoms with Gasteiger partial charge < -0.3 is 24.1 Å². The minimum absolute atomic E-state index is 0.266. The Kier molecular flexibility index (Phi) is 4.99. The summed E-state index contributed by atoms with van der Waals surface area (Å²) in [5, 5.41) is 11.2. The Morgan fingerprint density at radius 1 is 1.41 bits per heavy atom. The van der Waals surface area contributed by atoms with Gasteiger partial charge in [-0.2, -0.15) is 0 Å². The summed E-state index contributed by atoms with van der Waals surface area (Å²) in [4.78, 5) is 24.5. The molecule has 1 N–H and O–H groups in total. The van der Waals surface area contributed by atoms with E-state index in [-0.39, 0.29) is 23.9 Å². The standard InChI is InChI=1S/C20H28O7/c1-10(2)17(21)26-14-8-19(5)9-15(24-6)20(23,27-19)11(3)7-13-16(14)12(4)18(22)25-13/h7,10,13-16,23H,4,8-9H2,1-3,5-6H3. The smallest absolute Gasteiger partial charge is 0.334 e. The average molecular weight is 380 g/mol. The lowest BCUT2D eigenvalue weighted by Gasteiger charge is -2.33. The highest BCUT2D eigenvalue weighted by Crippen LogP contribution is 2.48. The third-order valence-corrected chi connectivity index (χ3v) is 5.75. The average Bonchev–Trinajstić information content (AvgIpc) is 3.00. The molecule has 3 rings (SSSR count). The molecule has 0 amide bonds. The zero-order valence-electron chi connectivity index (χ0n) is 16.5. The van der Waals surface area contributed by atoms with Crippen LogP contribution in [0.4, 0.5) is 0 Å². The van der Waals surface area contributed by atoms with Crippen LogP contribution in [0.25, 0.3) is 0 Å². The molecule has 150 valence electrons. The maximum Gasteiger partial charge on any atom is 0.334 e. The summed E-state index contributed by atoms with van der Waals surface area (Å²) >= 11 is 0. The van der Waals surface area contributed by atoms with E-state index in [4.69, 9.17) is 18.9 Å². The molecule has 0 radical (unpaired) electrons. The predicted molar refractivity (Wildman–Crippen MR) is 95.5 cm³/mol. The summed E-state index contributed by atoms with van der Waals surface area (Å²) in [6, 6.07) is 0. The van der Waals surface area contributed by atoms with Crippen LogP contribution in [0, 0.1) is 11.8 Å². The maximum atomic E-state index is 12.3. The monoisotopic (exact) mass is 380 g/mol. The molecule has 7 heteroatoms. The zero-order valence-corrected chi connectivity index (χ0v) is 16.5. The summed E-state index contributed by atoms with van der Waals surface area (Å²) in [6.45, 7) is 10.9. The summed E-state index contributed by atoms with van der Waals surface area (Å²) in [5.74, 6) is -3.37. The van der Waals surface area contributed by atoms with E-state index in [9.17, 15) is 14.7 Å². The molecule has 0 aromatic rings. The minimum atomic E-state index is -1.64. The largest absolute Gasteiger partial charge is 0.461 e. The van der Waals surface area contributed by atoms with Crippen LogP contribution in [0.2, 0.25) is 0 Å². The fraction of sp³-hybridized carbons (Fsp3) is 0.700. The van der Waals surface area contributed by atoms with Gasteiger partial charge in [-0.3, -0.25) is 4.79 Å². The second-order valence-corrected chi connectivity index (χ2v) is 8.28. The van der Waals surface area contributed by atoms with Gasteiger partial charge in [0.1, 0.15) is 18.3 Å². The van der Waals surface area contributed by atoms with Crippen LogP contribution in [-0.4, -0.2) is 53.9 Å². The predicted octanol–water partition coefficient (Wildman–Crippen LogP) is 1.88. The summed E-state index contributed by atoms with van der Waals surface area (Å²) in [5.41, 5.74) is -0.0542. The van der Waals surface area contributed by atoms with Crippen LogP contribution in [0.3, 0.4) is 0 Å². The Morgan fingerprint density at radius 2 is 2.07 bits per heavy atom. The number of aliphatic hydroxyl groups is 1. The van der Waals surface area contributed by atoms with Crippen molar-refractivity contribution in [3.63, 3.8) is 0 Å². The molecular weight excluding hydrogens is 352 g/mol. The van der Waals surface area contributed by atoms with Gasteiger partial charge in [-0.1, -0.05) is 20.4 Å². The van der Waals surface area contributed by atoms with Gasteiger partial charge in [0.05, 0.1) is 17.4 Å². The van der Waals surface area contributed by atoms with Gasteiger partial charge in [-0.05, 0) is 25.5 Å². The zero-order chi connectivity index (χ0) is 20.1. The Balaban J connectivity index is 2.07. The highest BCUT2D eigenvalue weighted by atomic mass is 16.7. The first-order chi connectivity index (χ1) is 12.5. The van der Waals surface area contributed by atoms with Gasteiger partial charge in [0.15, 0.2) is 0 Å². The number of fused-ring (bicyclic) bond motifs is 3. The summed E-state index contributed by atoms with van der Waals surface area (Å²) in [6.07, 6.45) is 0.404. The van der Waals surface area contributed by atoms with Gasteiger partial charge in [0.2, 0.25) is 5.79 Å². The van der Waals surface area contributed by atoms with E-state index in [1.54, 1.807) is 26.8 Å². The number of rotatable bonds is 3. The molecule has 3 aliphatic heterocycles. The number of ether oxygens (including phenoxy) is 4. The van der Waals surface area contributed by atoms with Gasteiger partial charge in [-0.15, -0.1) is 0 Å². The lowest BCUT2D eigenvalue weighted by molar-refractivity contribution is -0.229. The fourth-order valence-electron chi connectivity index (χ4n) is 4.22. The number of hydrogen-bond donors (Lipinski definition) is 1. The van der Waals surface area contributed by atoms with Crippen molar-refractivity contribution >= 4 is 11.9 Å². The second-order valence-electron chi connectivity index (χ2n) is 8.28. The lowest BCUT2D eigenvalue weighted by Crippen LogP contribution is -2.42. The highest BCUT2D eigenvalue weighted by molar-refractivity contribution is 5.91. The summed E-state index contributed by atoms with van der Waals surface area (Å²) in [7, 11) is 1.51. The molecule has 0 spiro atoms. The molecule has 6 atom stereocenters. The molecule has 3 heterocycles. The van der Waals surface area contributed by atoms with Crippen molar-refractivity contribution < 1.29 is 33.6 Å². The summed E-state index contributed by atoms with van der Waals surface area (Å²) < 4.78 is 22.8. The van der Waals surface area contributed by atoms with E-state index < -0.39 is 41.6 Å². The molecule has 0 saturated carbocycles. The van der Waals surface area contributed by atoms with Gasteiger partial charge in [0, 0.05) is 25.5 Å². The molecule has 6 unspecified atom stereocenters. The maximum absolute atomic E-state index is 12.3. The molecule has 0 aliphatic carbocycles. The normalized spacial score (nSPS) is 41.4. The fourth-order valence-corrected chi connectivity index (χ4v) is 4.22. The van der Waals surface area contributed by atoms with Crippen molar-refractivity contribution in [3.05, 3.63) is 23.8 Å². The Morgan fingerprint density at radius 3 is 2.67 bits per heavy atom. The van der Waals surface area contributed by atoms with E-state index in [0.29, 0.717) is 12.0 Å². The third kappa shape index (κ3) is 3.32. The second kappa shape index (κ2) is 6.72. The molecule has 2 bridgehead atoms. The van der Waals surface area contributed by atoms with Crippen molar-refractivity contribution in [2.75, 3.05) is 7.11 Å².